The van der Waals surface area contributed by atoms with Gasteiger partial charge in [0.05, 0.1) is 12.7 Å². The quantitative estimate of drug-likeness (QED) is 0.709. The number of rotatable bonds is 2. The van der Waals surface area contributed by atoms with Crippen molar-refractivity contribution in [3.63, 3.8) is 0 Å². The molecule has 2 aromatic heterocycles. The van der Waals surface area contributed by atoms with E-state index in [0.29, 0.717) is 12.1 Å². The summed E-state index contributed by atoms with van der Waals surface area (Å²) in [6, 6.07) is 9.28. The zero-order valence-corrected chi connectivity index (χ0v) is 11.2. The van der Waals surface area contributed by atoms with E-state index in [1.165, 1.54) is 0 Å². The Morgan fingerprint density at radius 3 is 2.90 bits per heavy atom. The number of hydrogen-bond donors (Lipinski definition) is 1. The van der Waals surface area contributed by atoms with E-state index in [0.717, 1.165) is 11.1 Å². The monoisotopic (exact) mass is 279 g/mol. The third-order valence-electron chi connectivity index (χ3n) is 3.20. The highest BCUT2D eigenvalue weighted by molar-refractivity contribution is 5.44. The Morgan fingerprint density at radius 2 is 2.05 bits per heavy atom. The first kappa shape index (κ1) is 13.2. The first-order chi connectivity index (χ1) is 10.3. The molecule has 0 radical (unpaired) electrons. The topological polar surface area (TPSA) is 59.5 Å². The van der Waals surface area contributed by atoms with E-state index in [1.54, 1.807) is 33.7 Å². The molecule has 3 rings (SSSR count). The van der Waals surface area contributed by atoms with Crippen LogP contribution in [0.5, 0.6) is 0 Å². The lowest BCUT2D eigenvalue weighted by Gasteiger charge is -2.08. The van der Waals surface area contributed by atoms with E-state index in [2.05, 4.69) is 16.9 Å². The SMILES string of the molecule is O=c1c2ccnn2ccn1Cc1ccccc1C#CCO. The Labute approximate surface area is 121 Å². The molecule has 1 N–H and O–H groups in total. The third kappa shape index (κ3) is 2.57. The largest absolute Gasteiger partial charge is 0.384 e. The van der Waals surface area contributed by atoms with Gasteiger partial charge in [0.2, 0.25) is 0 Å². The second-order valence-electron chi connectivity index (χ2n) is 4.51. The molecule has 1 aromatic carbocycles. The van der Waals surface area contributed by atoms with Crippen molar-refractivity contribution in [1.29, 1.82) is 0 Å². The molecule has 0 atom stereocenters. The average Bonchev–Trinajstić information content (AvgIpc) is 2.98. The summed E-state index contributed by atoms with van der Waals surface area (Å²) in [5.41, 5.74) is 2.19. The van der Waals surface area contributed by atoms with Crippen molar-refractivity contribution in [2.24, 2.45) is 0 Å². The Bertz CT molecular complexity index is 897. The predicted octanol–water partition coefficient (Wildman–Crippen LogP) is 0.888. The van der Waals surface area contributed by atoms with Crippen LogP contribution in [0.3, 0.4) is 0 Å². The fourth-order valence-electron chi connectivity index (χ4n) is 2.18. The Balaban J connectivity index is 2.03. The van der Waals surface area contributed by atoms with Crippen LogP contribution in [0.1, 0.15) is 11.1 Å². The van der Waals surface area contributed by atoms with Gasteiger partial charge >= 0.3 is 0 Å². The fraction of sp³-hybridized carbons (Fsp3) is 0.125. The van der Waals surface area contributed by atoms with E-state index in [4.69, 9.17) is 5.11 Å². The minimum Gasteiger partial charge on any atom is -0.384 e. The van der Waals surface area contributed by atoms with Crippen LogP contribution in [0, 0.1) is 11.8 Å². The van der Waals surface area contributed by atoms with Crippen molar-refractivity contribution >= 4 is 5.52 Å². The molecule has 0 saturated carbocycles. The lowest BCUT2D eigenvalue weighted by Crippen LogP contribution is -2.22. The molecule has 3 aromatic rings. The summed E-state index contributed by atoms with van der Waals surface area (Å²) >= 11 is 0. The smallest absolute Gasteiger partial charge is 0.276 e. The van der Waals surface area contributed by atoms with Crippen molar-refractivity contribution in [1.82, 2.24) is 14.2 Å². The Hall–Kier alpha value is -2.84. The molecule has 0 aliphatic rings. The van der Waals surface area contributed by atoms with Gasteiger partial charge in [0.15, 0.2) is 0 Å². The standard InChI is InChI=1S/C16H13N3O2/c20-11-3-6-13-4-1-2-5-14(13)12-18-9-10-19-15(16(18)21)7-8-17-19/h1-2,4-5,7-10,20H,11-12H2. The molecular formula is C16H13N3O2. The highest BCUT2D eigenvalue weighted by atomic mass is 16.2. The Kier molecular flexibility index (Phi) is 3.54. The molecule has 0 saturated heterocycles. The maximum atomic E-state index is 12.3. The van der Waals surface area contributed by atoms with Gasteiger partial charge < -0.3 is 9.67 Å². The van der Waals surface area contributed by atoms with Crippen LogP contribution in [0.15, 0.2) is 53.7 Å². The van der Waals surface area contributed by atoms with Crippen LogP contribution < -0.4 is 5.56 Å². The van der Waals surface area contributed by atoms with Gasteiger partial charge in [-0.15, -0.1) is 0 Å². The summed E-state index contributed by atoms with van der Waals surface area (Å²) < 4.78 is 3.17. The molecule has 0 aliphatic carbocycles. The second kappa shape index (κ2) is 5.65. The van der Waals surface area contributed by atoms with Gasteiger partial charge in [-0.2, -0.15) is 5.10 Å². The molecule has 0 spiro atoms. The summed E-state index contributed by atoms with van der Waals surface area (Å²) in [5, 5.41) is 12.8. The summed E-state index contributed by atoms with van der Waals surface area (Å²) in [4.78, 5) is 12.3. The van der Waals surface area contributed by atoms with Gasteiger partial charge in [0.1, 0.15) is 12.1 Å². The van der Waals surface area contributed by atoms with Crippen LogP contribution in [0.25, 0.3) is 5.52 Å². The average molecular weight is 279 g/mol. The third-order valence-corrected chi connectivity index (χ3v) is 3.20. The predicted molar refractivity (Wildman–Crippen MR) is 79.0 cm³/mol. The van der Waals surface area contributed by atoms with Gasteiger partial charge in [-0.1, -0.05) is 30.0 Å². The van der Waals surface area contributed by atoms with Gasteiger partial charge in [-0.25, -0.2) is 4.52 Å². The molecule has 2 heterocycles. The number of benzene rings is 1. The van der Waals surface area contributed by atoms with Crippen LogP contribution in [-0.2, 0) is 6.54 Å². The van der Waals surface area contributed by atoms with Crippen molar-refractivity contribution in [2.75, 3.05) is 6.61 Å². The van der Waals surface area contributed by atoms with Gasteiger partial charge in [0, 0.05) is 18.0 Å². The van der Waals surface area contributed by atoms with Gasteiger partial charge in [-0.3, -0.25) is 4.79 Å². The van der Waals surface area contributed by atoms with Crippen molar-refractivity contribution in [3.05, 3.63) is 70.4 Å². The van der Waals surface area contributed by atoms with E-state index >= 15 is 0 Å². The van der Waals surface area contributed by atoms with E-state index in [9.17, 15) is 4.79 Å². The fourth-order valence-corrected chi connectivity index (χ4v) is 2.18. The highest BCUT2D eigenvalue weighted by Gasteiger charge is 2.05. The molecule has 104 valence electrons. The van der Waals surface area contributed by atoms with E-state index in [1.807, 2.05) is 24.3 Å². The van der Waals surface area contributed by atoms with E-state index in [-0.39, 0.29) is 12.2 Å². The van der Waals surface area contributed by atoms with Crippen LogP contribution in [0.4, 0.5) is 0 Å². The lowest BCUT2D eigenvalue weighted by molar-refractivity contribution is 0.350. The van der Waals surface area contributed by atoms with Crippen molar-refractivity contribution < 1.29 is 5.11 Å². The normalized spacial score (nSPS) is 10.3. The number of aromatic nitrogens is 3. The summed E-state index contributed by atoms with van der Waals surface area (Å²) in [6.07, 6.45) is 5.05. The maximum absolute atomic E-state index is 12.3. The van der Waals surface area contributed by atoms with Crippen LogP contribution in [-0.4, -0.2) is 25.9 Å². The summed E-state index contributed by atoms with van der Waals surface area (Å²) in [5.74, 6) is 5.54. The van der Waals surface area contributed by atoms with Crippen LogP contribution in [0.2, 0.25) is 0 Å². The zero-order chi connectivity index (χ0) is 14.7. The van der Waals surface area contributed by atoms with Gasteiger partial charge in [-0.05, 0) is 17.7 Å². The van der Waals surface area contributed by atoms with Crippen molar-refractivity contribution in [2.45, 2.75) is 6.54 Å². The first-order valence-corrected chi connectivity index (χ1v) is 6.50. The van der Waals surface area contributed by atoms with E-state index < -0.39 is 0 Å². The van der Waals surface area contributed by atoms with Crippen molar-refractivity contribution in [3.8, 4) is 11.8 Å². The van der Waals surface area contributed by atoms with Gasteiger partial charge in [0.25, 0.3) is 5.56 Å². The minimum absolute atomic E-state index is 0.0973. The molecule has 21 heavy (non-hydrogen) atoms. The summed E-state index contributed by atoms with van der Waals surface area (Å²) in [6.45, 7) is 0.243. The molecule has 0 bridgehead atoms. The number of nitrogens with zero attached hydrogens (tertiary/aromatic N) is 3. The number of aliphatic hydroxyl groups is 1. The highest BCUT2D eigenvalue weighted by Crippen LogP contribution is 2.09. The molecule has 5 nitrogen and oxygen atoms in total. The molecule has 0 fully saturated rings. The number of hydrogen-bond acceptors (Lipinski definition) is 3. The zero-order valence-electron chi connectivity index (χ0n) is 11.2. The maximum Gasteiger partial charge on any atom is 0.276 e. The summed E-state index contributed by atoms with van der Waals surface area (Å²) in [7, 11) is 0. The second-order valence-corrected chi connectivity index (χ2v) is 4.51. The molecule has 0 aliphatic heterocycles. The molecule has 0 unspecified atom stereocenters. The first-order valence-electron chi connectivity index (χ1n) is 6.50. The van der Waals surface area contributed by atoms with Crippen LogP contribution >= 0.6 is 0 Å². The Morgan fingerprint density at radius 1 is 1.19 bits per heavy atom. The molecular weight excluding hydrogens is 266 g/mol. The molecule has 0 amide bonds. The molecule has 5 heteroatoms. The lowest BCUT2D eigenvalue weighted by atomic mass is 10.1. The minimum atomic E-state index is -0.184. The number of aliphatic hydroxyl groups excluding tert-OH is 1. The number of fused-ring (bicyclic) bond motifs is 1.